The second kappa shape index (κ2) is 5.49. The van der Waals surface area contributed by atoms with E-state index in [0.29, 0.717) is 6.54 Å². The lowest BCUT2D eigenvalue weighted by Crippen LogP contribution is -2.44. The van der Waals surface area contributed by atoms with E-state index in [9.17, 15) is 9.18 Å². The first-order valence-electron chi connectivity index (χ1n) is 7.93. The van der Waals surface area contributed by atoms with E-state index in [1.165, 1.54) is 22.1 Å². The first-order chi connectivity index (χ1) is 11.2. The molecule has 2 heterocycles. The quantitative estimate of drug-likeness (QED) is 0.886. The second-order valence-corrected chi connectivity index (χ2v) is 6.29. The summed E-state index contributed by atoms with van der Waals surface area (Å²) < 4.78 is 17.2. The van der Waals surface area contributed by atoms with Crippen LogP contribution in [0.1, 0.15) is 11.1 Å². The largest absolute Gasteiger partial charge is 0.462 e. The lowest BCUT2D eigenvalue weighted by Gasteiger charge is -2.39. The topological polar surface area (TPSA) is 45.3 Å². The number of benzene rings is 1. The first kappa shape index (κ1) is 14.5. The zero-order chi connectivity index (χ0) is 16.0. The van der Waals surface area contributed by atoms with Gasteiger partial charge in [-0.3, -0.25) is 9.69 Å². The summed E-state index contributed by atoms with van der Waals surface area (Å²) in [5.74, 6) is -0.680. The molecule has 23 heavy (non-hydrogen) atoms. The number of aromatic amines is 1. The van der Waals surface area contributed by atoms with Crippen molar-refractivity contribution in [2.24, 2.45) is 5.92 Å². The van der Waals surface area contributed by atoms with Crippen LogP contribution < -0.4 is 0 Å². The van der Waals surface area contributed by atoms with Crippen molar-refractivity contribution in [2.45, 2.75) is 12.5 Å². The minimum absolute atomic E-state index is 0.164. The van der Waals surface area contributed by atoms with Crippen molar-refractivity contribution in [3.63, 3.8) is 0 Å². The van der Waals surface area contributed by atoms with Gasteiger partial charge in [0.15, 0.2) is 0 Å². The molecule has 4 rings (SSSR count). The Labute approximate surface area is 133 Å². The summed E-state index contributed by atoms with van der Waals surface area (Å²) >= 11 is 0. The number of likely N-dealkylation sites (N-methyl/N-ethyl adjacent to an activating group) is 1. The van der Waals surface area contributed by atoms with Crippen LogP contribution in [0.15, 0.2) is 30.5 Å². The molecule has 0 amide bonds. The summed E-state index contributed by atoms with van der Waals surface area (Å²) in [5.41, 5.74) is 4.81. The van der Waals surface area contributed by atoms with Crippen molar-refractivity contribution in [2.75, 3.05) is 26.9 Å². The zero-order valence-electron chi connectivity index (χ0n) is 13.0. The minimum atomic E-state index is -0.639. The number of H-pyrrole nitrogens is 1. The van der Waals surface area contributed by atoms with Crippen molar-refractivity contribution in [1.29, 1.82) is 0 Å². The molecule has 2 aromatic rings. The summed E-state index contributed by atoms with van der Waals surface area (Å²) in [4.78, 5) is 17.7. The van der Waals surface area contributed by atoms with Gasteiger partial charge < -0.3 is 9.72 Å². The Morgan fingerprint density at radius 3 is 3.17 bits per heavy atom. The number of ether oxygens (including phenoxy) is 1. The molecule has 120 valence electrons. The molecule has 0 saturated carbocycles. The molecule has 2 aliphatic rings. The standard InChI is InChI=1S/C18H19FN2O2/c1-21-10-12(18(22)23-6-5-19)7-14-13-3-2-4-15-17(13)11(9-20-15)8-16(14)21/h2-4,7,9,12,16,20H,5-6,8,10H2,1H3/t12-,16-/m1/s1. The molecule has 0 spiro atoms. The van der Waals surface area contributed by atoms with E-state index >= 15 is 0 Å². The fourth-order valence-electron chi connectivity index (χ4n) is 3.84. The number of esters is 1. The molecule has 0 fully saturated rings. The van der Waals surface area contributed by atoms with E-state index in [0.717, 1.165) is 11.9 Å². The van der Waals surface area contributed by atoms with E-state index in [-0.39, 0.29) is 24.5 Å². The number of carbonyl (C=O) groups excluding carboxylic acids is 1. The maximum Gasteiger partial charge on any atom is 0.314 e. The van der Waals surface area contributed by atoms with E-state index in [2.05, 4.69) is 28.2 Å². The zero-order valence-corrected chi connectivity index (χ0v) is 13.0. The van der Waals surface area contributed by atoms with Crippen LogP contribution in [-0.4, -0.2) is 48.8 Å². The third-order valence-electron chi connectivity index (χ3n) is 4.89. The fraction of sp³-hybridized carbons (Fsp3) is 0.389. The van der Waals surface area contributed by atoms with Gasteiger partial charge in [0.25, 0.3) is 0 Å². The molecule has 1 N–H and O–H groups in total. The Morgan fingerprint density at radius 1 is 1.48 bits per heavy atom. The summed E-state index contributed by atoms with van der Waals surface area (Å²) in [6, 6.07) is 6.49. The van der Waals surface area contributed by atoms with Gasteiger partial charge in [-0.05, 0) is 36.2 Å². The Morgan fingerprint density at radius 2 is 2.35 bits per heavy atom. The normalized spacial score (nSPS) is 23.5. The SMILES string of the molecule is CN1C[C@H](C(=O)OCCF)C=C2c3cccc4[nH]cc(c34)C[C@H]21. The van der Waals surface area contributed by atoms with E-state index < -0.39 is 6.67 Å². The first-order valence-corrected chi connectivity index (χ1v) is 7.93. The van der Waals surface area contributed by atoms with Gasteiger partial charge in [0.2, 0.25) is 0 Å². The van der Waals surface area contributed by atoms with Crippen molar-refractivity contribution in [3.05, 3.63) is 41.6 Å². The van der Waals surface area contributed by atoms with Crippen LogP contribution in [0.25, 0.3) is 16.5 Å². The molecular weight excluding hydrogens is 295 g/mol. The molecule has 1 aromatic heterocycles. The minimum Gasteiger partial charge on any atom is -0.462 e. The number of aromatic nitrogens is 1. The lowest BCUT2D eigenvalue weighted by molar-refractivity contribution is -0.148. The highest BCUT2D eigenvalue weighted by molar-refractivity contribution is 5.99. The molecule has 1 aliphatic carbocycles. The van der Waals surface area contributed by atoms with Crippen LogP contribution >= 0.6 is 0 Å². The number of nitrogens with zero attached hydrogens (tertiary/aromatic N) is 1. The van der Waals surface area contributed by atoms with Gasteiger partial charge in [-0.1, -0.05) is 18.2 Å². The van der Waals surface area contributed by atoms with Crippen molar-refractivity contribution >= 4 is 22.4 Å². The predicted molar refractivity (Wildman–Crippen MR) is 86.8 cm³/mol. The Hall–Kier alpha value is -2.14. The van der Waals surface area contributed by atoms with Gasteiger partial charge in [0, 0.05) is 29.7 Å². The molecule has 0 unspecified atom stereocenters. The summed E-state index contributed by atoms with van der Waals surface area (Å²) in [6.45, 7) is -0.197. The molecule has 0 radical (unpaired) electrons. The van der Waals surface area contributed by atoms with Crippen LogP contribution in [0.2, 0.25) is 0 Å². The molecule has 0 bridgehead atoms. The van der Waals surface area contributed by atoms with Gasteiger partial charge in [0.1, 0.15) is 13.3 Å². The molecule has 0 saturated heterocycles. The number of nitrogens with one attached hydrogen (secondary N) is 1. The number of rotatable bonds is 3. The van der Waals surface area contributed by atoms with Crippen molar-refractivity contribution < 1.29 is 13.9 Å². The van der Waals surface area contributed by atoms with Crippen LogP contribution in [0, 0.1) is 5.92 Å². The van der Waals surface area contributed by atoms with Gasteiger partial charge in [-0.2, -0.15) is 0 Å². The van der Waals surface area contributed by atoms with Gasteiger partial charge in [-0.15, -0.1) is 0 Å². The van der Waals surface area contributed by atoms with Crippen molar-refractivity contribution in [3.8, 4) is 0 Å². The Balaban J connectivity index is 1.77. The van der Waals surface area contributed by atoms with Crippen LogP contribution in [-0.2, 0) is 16.0 Å². The van der Waals surface area contributed by atoms with Crippen LogP contribution in [0.3, 0.4) is 0 Å². The highest BCUT2D eigenvalue weighted by atomic mass is 19.1. The highest BCUT2D eigenvalue weighted by Gasteiger charge is 2.36. The molecule has 1 aliphatic heterocycles. The smallest absolute Gasteiger partial charge is 0.314 e. The summed E-state index contributed by atoms with van der Waals surface area (Å²) in [6.07, 6.45) is 5.04. The summed E-state index contributed by atoms with van der Waals surface area (Å²) in [7, 11) is 2.03. The average molecular weight is 314 g/mol. The Kier molecular flexibility index (Phi) is 3.45. The average Bonchev–Trinajstić information content (AvgIpc) is 2.98. The van der Waals surface area contributed by atoms with E-state index in [1.54, 1.807) is 0 Å². The van der Waals surface area contributed by atoms with Crippen LogP contribution in [0.4, 0.5) is 4.39 Å². The fourth-order valence-corrected chi connectivity index (χ4v) is 3.84. The van der Waals surface area contributed by atoms with E-state index in [1.807, 2.05) is 19.2 Å². The monoisotopic (exact) mass is 314 g/mol. The third-order valence-corrected chi connectivity index (χ3v) is 4.89. The van der Waals surface area contributed by atoms with E-state index in [4.69, 9.17) is 4.74 Å². The van der Waals surface area contributed by atoms with Gasteiger partial charge in [-0.25, -0.2) is 4.39 Å². The molecule has 5 heteroatoms. The van der Waals surface area contributed by atoms with Crippen molar-refractivity contribution in [1.82, 2.24) is 9.88 Å². The van der Waals surface area contributed by atoms with Gasteiger partial charge >= 0.3 is 5.97 Å². The number of hydrogen-bond acceptors (Lipinski definition) is 3. The van der Waals surface area contributed by atoms with Gasteiger partial charge in [0.05, 0.1) is 5.92 Å². The Bertz CT molecular complexity index is 795. The summed E-state index contributed by atoms with van der Waals surface area (Å²) in [5, 5.41) is 1.25. The van der Waals surface area contributed by atoms with Crippen LogP contribution in [0.5, 0.6) is 0 Å². The number of alkyl halides is 1. The predicted octanol–water partition coefficient (Wildman–Crippen LogP) is 2.55. The lowest BCUT2D eigenvalue weighted by atomic mass is 9.80. The molecule has 4 nitrogen and oxygen atoms in total. The molecule has 1 aromatic carbocycles. The second-order valence-electron chi connectivity index (χ2n) is 6.29. The third kappa shape index (κ3) is 2.27. The maximum atomic E-state index is 12.2. The maximum absolute atomic E-state index is 12.2. The highest BCUT2D eigenvalue weighted by Crippen LogP contribution is 2.40. The number of hydrogen-bond donors (Lipinski definition) is 1. The number of halogens is 1. The number of carbonyl (C=O) groups is 1. The molecule has 2 atom stereocenters. The molecular formula is C18H19FN2O2. The number of fused-ring (bicyclic) bond motifs is 2.